The van der Waals surface area contributed by atoms with Crippen molar-refractivity contribution >= 4 is 0 Å². The van der Waals surface area contributed by atoms with Crippen molar-refractivity contribution in [2.45, 2.75) is 39.3 Å². The second-order valence-corrected chi connectivity index (χ2v) is 4.63. The molecule has 1 heterocycles. The van der Waals surface area contributed by atoms with Crippen LogP contribution in [0.25, 0.3) is 11.1 Å². The van der Waals surface area contributed by atoms with E-state index >= 15 is 0 Å². The van der Waals surface area contributed by atoms with E-state index in [0.717, 1.165) is 19.4 Å². The first-order valence-corrected chi connectivity index (χ1v) is 6.63. The third-order valence-electron chi connectivity index (χ3n) is 3.20. The van der Waals surface area contributed by atoms with Crippen molar-refractivity contribution < 1.29 is 0 Å². The number of hydrogen-bond acceptors (Lipinski definition) is 2. The average molecular weight is 243 g/mol. The van der Waals surface area contributed by atoms with Crippen molar-refractivity contribution in [2.24, 2.45) is 5.73 Å². The first-order chi connectivity index (χ1) is 8.74. The largest absolute Gasteiger partial charge is 0.324 e. The van der Waals surface area contributed by atoms with Crippen LogP contribution in [-0.4, -0.2) is 9.78 Å². The van der Waals surface area contributed by atoms with Gasteiger partial charge in [0.15, 0.2) is 0 Å². The van der Waals surface area contributed by atoms with E-state index in [1.807, 2.05) is 10.9 Å². The average Bonchev–Trinajstić information content (AvgIpc) is 2.87. The fourth-order valence-electron chi connectivity index (χ4n) is 2.02. The summed E-state index contributed by atoms with van der Waals surface area (Å²) < 4.78 is 1.99. The van der Waals surface area contributed by atoms with Crippen LogP contribution in [0, 0.1) is 0 Å². The Balaban J connectivity index is 2.17. The van der Waals surface area contributed by atoms with Crippen molar-refractivity contribution in [2.75, 3.05) is 0 Å². The molecule has 3 heteroatoms. The van der Waals surface area contributed by atoms with E-state index in [9.17, 15) is 0 Å². The Morgan fingerprint density at radius 2 is 1.89 bits per heavy atom. The van der Waals surface area contributed by atoms with Gasteiger partial charge in [-0.3, -0.25) is 4.68 Å². The van der Waals surface area contributed by atoms with Crippen LogP contribution in [0.4, 0.5) is 0 Å². The monoisotopic (exact) mass is 243 g/mol. The fourth-order valence-corrected chi connectivity index (χ4v) is 2.02. The number of benzene rings is 1. The third-order valence-corrected chi connectivity index (χ3v) is 3.20. The molecule has 0 aliphatic carbocycles. The zero-order valence-corrected chi connectivity index (χ0v) is 11.1. The summed E-state index contributed by atoms with van der Waals surface area (Å²) in [4.78, 5) is 0. The maximum absolute atomic E-state index is 6.01. The van der Waals surface area contributed by atoms with Gasteiger partial charge in [0.1, 0.15) is 0 Å². The molecule has 0 spiro atoms. The second-order valence-electron chi connectivity index (χ2n) is 4.63. The van der Waals surface area contributed by atoms with Gasteiger partial charge in [-0.25, -0.2) is 0 Å². The molecule has 1 unspecified atom stereocenters. The standard InChI is InChI=1S/C15H21N3/c1-3-9-18-11-14(10-17-18)12-5-7-13(8-6-12)15(16)4-2/h5-8,10-11,15H,3-4,9,16H2,1-2H3. The minimum Gasteiger partial charge on any atom is -0.324 e. The molecule has 3 nitrogen and oxygen atoms in total. The van der Waals surface area contributed by atoms with Crippen molar-refractivity contribution in [1.82, 2.24) is 9.78 Å². The highest BCUT2D eigenvalue weighted by Gasteiger charge is 2.05. The fraction of sp³-hybridized carbons (Fsp3) is 0.400. The summed E-state index contributed by atoms with van der Waals surface area (Å²) in [5.41, 5.74) is 9.57. The lowest BCUT2D eigenvalue weighted by atomic mass is 10.0. The number of rotatable bonds is 5. The van der Waals surface area contributed by atoms with Gasteiger partial charge < -0.3 is 5.73 Å². The molecule has 1 aromatic heterocycles. The van der Waals surface area contributed by atoms with Crippen molar-refractivity contribution in [1.29, 1.82) is 0 Å². The van der Waals surface area contributed by atoms with Crippen molar-refractivity contribution in [3.05, 3.63) is 42.2 Å². The van der Waals surface area contributed by atoms with Gasteiger partial charge in [0.2, 0.25) is 0 Å². The van der Waals surface area contributed by atoms with E-state index in [4.69, 9.17) is 5.73 Å². The Bertz CT molecular complexity index is 485. The Labute approximate surface area is 109 Å². The molecule has 96 valence electrons. The highest BCUT2D eigenvalue weighted by molar-refractivity contribution is 5.62. The van der Waals surface area contributed by atoms with E-state index < -0.39 is 0 Å². The Morgan fingerprint density at radius 3 is 2.50 bits per heavy atom. The molecule has 1 aromatic carbocycles. The quantitative estimate of drug-likeness (QED) is 0.875. The predicted molar refractivity (Wildman–Crippen MR) is 75.2 cm³/mol. The van der Waals surface area contributed by atoms with Gasteiger partial charge in [-0.05, 0) is 24.0 Å². The van der Waals surface area contributed by atoms with E-state index in [1.54, 1.807) is 0 Å². The molecule has 2 aromatic rings. The summed E-state index contributed by atoms with van der Waals surface area (Å²) >= 11 is 0. The van der Waals surface area contributed by atoms with Crippen molar-refractivity contribution in [3.8, 4) is 11.1 Å². The van der Waals surface area contributed by atoms with Crippen LogP contribution in [0.3, 0.4) is 0 Å². The first-order valence-electron chi connectivity index (χ1n) is 6.63. The molecule has 0 fully saturated rings. The summed E-state index contributed by atoms with van der Waals surface area (Å²) in [5, 5.41) is 4.35. The molecule has 18 heavy (non-hydrogen) atoms. The van der Waals surface area contributed by atoms with Crippen LogP contribution in [0.2, 0.25) is 0 Å². The van der Waals surface area contributed by atoms with Crippen LogP contribution in [-0.2, 0) is 6.54 Å². The second kappa shape index (κ2) is 5.83. The van der Waals surface area contributed by atoms with Crippen LogP contribution < -0.4 is 5.73 Å². The highest BCUT2D eigenvalue weighted by Crippen LogP contribution is 2.21. The highest BCUT2D eigenvalue weighted by atomic mass is 15.3. The normalized spacial score (nSPS) is 12.6. The lowest BCUT2D eigenvalue weighted by Gasteiger charge is -2.09. The van der Waals surface area contributed by atoms with Gasteiger partial charge in [-0.2, -0.15) is 5.10 Å². The molecular formula is C15H21N3. The topological polar surface area (TPSA) is 43.8 Å². The Morgan fingerprint density at radius 1 is 1.17 bits per heavy atom. The summed E-state index contributed by atoms with van der Waals surface area (Å²) in [6.45, 7) is 5.23. The number of hydrogen-bond donors (Lipinski definition) is 1. The van der Waals surface area contributed by atoms with Gasteiger partial charge in [0, 0.05) is 24.3 Å². The Hall–Kier alpha value is -1.61. The van der Waals surface area contributed by atoms with Crippen LogP contribution in [0.1, 0.15) is 38.3 Å². The number of aromatic nitrogens is 2. The molecule has 0 aliphatic heterocycles. The van der Waals surface area contributed by atoms with Crippen molar-refractivity contribution in [3.63, 3.8) is 0 Å². The lowest BCUT2D eigenvalue weighted by molar-refractivity contribution is 0.603. The maximum atomic E-state index is 6.01. The molecule has 0 saturated carbocycles. The number of nitrogens with zero attached hydrogens (tertiary/aromatic N) is 2. The van der Waals surface area contributed by atoms with E-state index in [-0.39, 0.29) is 6.04 Å². The van der Waals surface area contributed by atoms with Gasteiger partial charge in [0.25, 0.3) is 0 Å². The van der Waals surface area contributed by atoms with Gasteiger partial charge in [-0.1, -0.05) is 38.1 Å². The molecule has 0 aliphatic rings. The van der Waals surface area contributed by atoms with Gasteiger partial charge >= 0.3 is 0 Å². The molecule has 0 radical (unpaired) electrons. The van der Waals surface area contributed by atoms with Gasteiger partial charge in [0.05, 0.1) is 6.20 Å². The smallest absolute Gasteiger partial charge is 0.0568 e. The molecular weight excluding hydrogens is 222 g/mol. The minimum atomic E-state index is 0.141. The van der Waals surface area contributed by atoms with Gasteiger partial charge in [-0.15, -0.1) is 0 Å². The summed E-state index contributed by atoms with van der Waals surface area (Å²) in [7, 11) is 0. The van der Waals surface area contributed by atoms with Crippen LogP contribution in [0.15, 0.2) is 36.7 Å². The zero-order chi connectivity index (χ0) is 13.0. The summed E-state index contributed by atoms with van der Waals surface area (Å²) in [6.07, 6.45) is 6.09. The maximum Gasteiger partial charge on any atom is 0.0568 e. The molecule has 2 N–H and O–H groups in total. The summed E-state index contributed by atoms with van der Waals surface area (Å²) in [6, 6.07) is 8.61. The SMILES string of the molecule is CCCn1cc(-c2ccc(C(N)CC)cc2)cn1. The third kappa shape index (κ3) is 2.79. The Kier molecular flexibility index (Phi) is 4.15. The molecule has 2 rings (SSSR count). The molecule has 0 bridgehead atoms. The van der Waals surface area contributed by atoms with E-state index in [2.05, 4.69) is 49.4 Å². The molecule has 1 atom stereocenters. The van der Waals surface area contributed by atoms with E-state index in [1.165, 1.54) is 16.7 Å². The minimum absolute atomic E-state index is 0.141. The number of aryl methyl sites for hydroxylation is 1. The first kappa shape index (κ1) is 12.8. The van der Waals surface area contributed by atoms with Crippen LogP contribution >= 0.6 is 0 Å². The molecule has 0 saturated heterocycles. The summed E-state index contributed by atoms with van der Waals surface area (Å²) in [5.74, 6) is 0. The molecule has 0 amide bonds. The van der Waals surface area contributed by atoms with Crippen LogP contribution in [0.5, 0.6) is 0 Å². The predicted octanol–water partition coefficient (Wildman–Crippen LogP) is 3.37. The number of nitrogens with two attached hydrogens (primary N) is 1. The van der Waals surface area contributed by atoms with E-state index in [0.29, 0.717) is 0 Å². The zero-order valence-electron chi connectivity index (χ0n) is 11.1. The lowest BCUT2D eigenvalue weighted by Crippen LogP contribution is -2.07.